The van der Waals surface area contributed by atoms with E-state index >= 15 is 0 Å². The van der Waals surface area contributed by atoms with Crippen LogP contribution < -0.4 is 5.32 Å². The van der Waals surface area contributed by atoms with Crippen molar-refractivity contribution in [1.82, 2.24) is 14.5 Å². The maximum atomic E-state index is 14.2. The SMILES string of the molecule is C[C@@H]1CCCCN1CCCNC(=O)c1cc(S(=O)(=O)N2CCOCC2)ccc1F. The van der Waals surface area contributed by atoms with Gasteiger partial charge in [-0.3, -0.25) is 4.79 Å². The number of hydrogen-bond donors (Lipinski definition) is 1. The minimum atomic E-state index is -3.78. The number of ether oxygens (including phenoxy) is 1. The minimum absolute atomic E-state index is 0.0758. The molecule has 2 aliphatic heterocycles. The molecule has 1 amide bonds. The zero-order valence-electron chi connectivity index (χ0n) is 16.9. The summed E-state index contributed by atoms with van der Waals surface area (Å²) < 4.78 is 46.2. The lowest BCUT2D eigenvalue weighted by atomic mass is 10.0. The van der Waals surface area contributed by atoms with Crippen LogP contribution in [0, 0.1) is 5.82 Å². The van der Waals surface area contributed by atoms with Gasteiger partial charge in [0.2, 0.25) is 10.0 Å². The van der Waals surface area contributed by atoms with Crippen molar-refractivity contribution in [2.75, 3.05) is 45.9 Å². The average Bonchev–Trinajstić information content (AvgIpc) is 2.73. The summed E-state index contributed by atoms with van der Waals surface area (Å²) in [7, 11) is -3.78. The number of morpholine rings is 1. The molecule has 3 rings (SSSR count). The Morgan fingerprint density at radius 1 is 1.24 bits per heavy atom. The maximum Gasteiger partial charge on any atom is 0.254 e. The Hall–Kier alpha value is -1.55. The van der Waals surface area contributed by atoms with E-state index in [0.29, 0.717) is 25.8 Å². The molecule has 0 bridgehead atoms. The van der Waals surface area contributed by atoms with Crippen LogP contribution in [-0.4, -0.2) is 75.5 Å². The molecule has 2 aliphatic rings. The first-order valence-corrected chi connectivity index (χ1v) is 11.7. The molecule has 0 saturated carbocycles. The number of likely N-dealkylation sites (tertiary alicyclic amines) is 1. The quantitative estimate of drug-likeness (QED) is 0.672. The van der Waals surface area contributed by atoms with Gasteiger partial charge in [0.25, 0.3) is 5.91 Å². The first-order valence-electron chi connectivity index (χ1n) is 10.3. The van der Waals surface area contributed by atoms with Crippen molar-refractivity contribution in [3.63, 3.8) is 0 Å². The van der Waals surface area contributed by atoms with E-state index in [-0.39, 0.29) is 23.5 Å². The predicted octanol–water partition coefficient (Wildman–Crippen LogP) is 1.84. The third-order valence-electron chi connectivity index (χ3n) is 5.64. The zero-order valence-corrected chi connectivity index (χ0v) is 17.7. The maximum absolute atomic E-state index is 14.2. The molecule has 9 heteroatoms. The van der Waals surface area contributed by atoms with Gasteiger partial charge in [-0.1, -0.05) is 6.42 Å². The van der Waals surface area contributed by atoms with Crippen molar-refractivity contribution in [3.8, 4) is 0 Å². The van der Waals surface area contributed by atoms with E-state index in [0.717, 1.165) is 31.6 Å². The van der Waals surface area contributed by atoms with Crippen LogP contribution in [0.15, 0.2) is 23.1 Å². The topological polar surface area (TPSA) is 79.0 Å². The van der Waals surface area contributed by atoms with E-state index in [2.05, 4.69) is 17.1 Å². The number of nitrogens with zero attached hydrogens (tertiary/aromatic N) is 2. The average molecular weight is 428 g/mol. The van der Waals surface area contributed by atoms with Crippen molar-refractivity contribution in [2.24, 2.45) is 0 Å². The lowest BCUT2D eigenvalue weighted by Gasteiger charge is -2.33. The summed E-state index contributed by atoms with van der Waals surface area (Å²) in [4.78, 5) is 14.8. The first kappa shape index (κ1) is 22.1. The Morgan fingerprint density at radius 2 is 2.00 bits per heavy atom. The molecule has 2 saturated heterocycles. The molecule has 29 heavy (non-hydrogen) atoms. The van der Waals surface area contributed by atoms with Crippen molar-refractivity contribution in [3.05, 3.63) is 29.6 Å². The summed E-state index contributed by atoms with van der Waals surface area (Å²) in [6, 6.07) is 3.92. The van der Waals surface area contributed by atoms with E-state index < -0.39 is 21.7 Å². The summed E-state index contributed by atoms with van der Waals surface area (Å²) in [6.07, 6.45) is 4.43. The second-order valence-electron chi connectivity index (χ2n) is 7.65. The first-order chi connectivity index (χ1) is 13.9. The summed E-state index contributed by atoms with van der Waals surface area (Å²) in [5.41, 5.74) is -0.245. The largest absolute Gasteiger partial charge is 0.379 e. The number of carbonyl (C=O) groups excluding carboxylic acids is 1. The van der Waals surface area contributed by atoms with Gasteiger partial charge in [-0.2, -0.15) is 4.31 Å². The molecule has 1 N–H and O–H groups in total. The Balaban J connectivity index is 1.59. The number of amides is 1. The number of hydrogen-bond acceptors (Lipinski definition) is 5. The molecule has 0 unspecified atom stereocenters. The van der Waals surface area contributed by atoms with Gasteiger partial charge in [-0.25, -0.2) is 12.8 Å². The van der Waals surface area contributed by atoms with Crippen LogP contribution in [0.4, 0.5) is 4.39 Å². The predicted molar refractivity (Wildman–Crippen MR) is 108 cm³/mol. The number of benzene rings is 1. The van der Waals surface area contributed by atoms with E-state index in [1.807, 2.05) is 0 Å². The van der Waals surface area contributed by atoms with E-state index in [1.54, 1.807) is 0 Å². The summed E-state index contributed by atoms with van der Waals surface area (Å²) in [5, 5.41) is 2.72. The molecule has 1 atom stereocenters. The third kappa shape index (κ3) is 5.53. The second-order valence-corrected chi connectivity index (χ2v) is 9.59. The highest BCUT2D eigenvalue weighted by atomic mass is 32.2. The molecule has 2 heterocycles. The third-order valence-corrected chi connectivity index (χ3v) is 7.53. The van der Waals surface area contributed by atoms with Crippen LogP contribution in [0.5, 0.6) is 0 Å². The van der Waals surface area contributed by atoms with Crippen LogP contribution in [0.3, 0.4) is 0 Å². The van der Waals surface area contributed by atoms with E-state index in [9.17, 15) is 17.6 Å². The summed E-state index contributed by atoms with van der Waals surface area (Å²) in [5.74, 6) is -1.32. The highest BCUT2D eigenvalue weighted by Gasteiger charge is 2.28. The van der Waals surface area contributed by atoms with Gasteiger partial charge in [-0.05, 0) is 50.9 Å². The summed E-state index contributed by atoms with van der Waals surface area (Å²) >= 11 is 0. The van der Waals surface area contributed by atoms with Crippen molar-refractivity contribution in [1.29, 1.82) is 0 Å². The molecule has 1 aromatic rings. The van der Waals surface area contributed by atoms with Gasteiger partial charge in [0.15, 0.2) is 0 Å². The lowest BCUT2D eigenvalue weighted by Crippen LogP contribution is -2.40. The molecule has 7 nitrogen and oxygen atoms in total. The Bertz CT molecular complexity index is 812. The van der Waals surface area contributed by atoms with Crippen LogP contribution in [0.25, 0.3) is 0 Å². The van der Waals surface area contributed by atoms with Crippen LogP contribution in [0.2, 0.25) is 0 Å². The molecule has 0 aromatic heterocycles. The fourth-order valence-electron chi connectivity index (χ4n) is 3.84. The highest BCUT2D eigenvalue weighted by Crippen LogP contribution is 2.20. The molecule has 1 aromatic carbocycles. The van der Waals surface area contributed by atoms with Gasteiger partial charge >= 0.3 is 0 Å². The molecule has 2 fully saturated rings. The second kappa shape index (κ2) is 9.97. The number of rotatable bonds is 7. The van der Waals surface area contributed by atoms with Crippen LogP contribution >= 0.6 is 0 Å². The van der Waals surface area contributed by atoms with E-state index in [4.69, 9.17) is 4.74 Å². The molecule has 0 radical (unpaired) electrons. The lowest BCUT2D eigenvalue weighted by molar-refractivity contribution is 0.0730. The molecular weight excluding hydrogens is 397 g/mol. The van der Waals surface area contributed by atoms with Crippen molar-refractivity contribution < 1.29 is 22.3 Å². The molecule has 0 aliphatic carbocycles. The van der Waals surface area contributed by atoms with Crippen LogP contribution in [0.1, 0.15) is 43.0 Å². The monoisotopic (exact) mass is 427 g/mol. The van der Waals surface area contributed by atoms with Gasteiger partial charge in [0.05, 0.1) is 23.7 Å². The molecule has 162 valence electrons. The summed E-state index contributed by atoms with van der Waals surface area (Å²) in [6.45, 7) is 5.73. The fourth-order valence-corrected chi connectivity index (χ4v) is 5.28. The standard InChI is InChI=1S/C20H30FN3O4S/c1-16-5-2-3-9-23(16)10-4-8-22-20(25)18-15-17(6-7-19(18)21)29(26,27)24-11-13-28-14-12-24/h6-7,15-16H,2-5,8-14H2,1H3,(H,22,25)/t16-/m1/s1. The Labute approximate surface area is 172 Å². The smallest absolute Gasteiger partial charge is 0.254 e. The van der Waals surface area contributed by atoms with Gasteiger partial charge in [0.1, 0.15) is 5.82 Å². The molecular formula is C20H30FN3O4S. The fraction of sp³-hybridized carbons (Fsp3) is 0.650. The van der Waals surface area contributed by atoms with Gasteiger partial charge in [0, 0.05) is 32.2 Å². The number of sulfonamides is 1. The van der Waals surface area contributed by atoms with Gasteiger partial charge < -0.3 is 15.0 Å². The van der Waals surface area contributed by atoms with Crippen LogP contribution in [-0.2, 0) is 14.8 Å². The van der Waals surface area contributed by atoms with Gasteiger partial charge in [-0.15, -0.1) is 0 Å². The Morgan fingerprint density at radius 3 is 2.72 bits per heavy atom. The number of halogens is 1. The van der Waals surface area contributed by atoms with Crippen molar-refractivity contribution >= 4 is 15.9 Å². The number of nitrogens with one attached hydrogen (secondary N) is 1. The number of carbonyl (C=O) groups is 1. The zero-order chi connectivity index (χ0) is 20.9. The molecule has 0 spiro atoms. The highest BCUT2D eigenvalue weighted by molar-refractivity contribution is 7.89. The van der Waals surface area contributed by atoms with Crippen molar-refractivity contribution in [2.45, 2.75) is 43.5 Å². The number of piperidine rings is 1. The Kier molecular flexibility index (Phi) is 7.61. The minimum Gasteiger partial charge on any atom is -0.379 e. The van der Waals surface area contributed by atoms with E-state index in [1.165, 1.54) is 29.6 Å². The normalized spacial score (nSPS) is 21.8.